The molecular weight excluding hydrogens is 430 g/mol. The summed E-state index contributed by atoms with van der Waals surface area (Å²) in [7, 11) is 0. The number of pyridine rings is 1. The quantitative estimate of drug-likeness (QED) is 0.456. The third-order valence-corrected chi connectivity index (χ3v) is 5.58. The van der Waals surface area contributed by atoms with Crippen LogP contribution in [0.3, 0.4) is 0 Å². The van der Waals surface area contributed by atoms with Crippen molar-refractivity contribution < 1.29 is 14.1 Å². The molecule has 4 aromatic rings. The van der Waals surface area contributed by atoms with E-state index in [-0.39, 0.29) is 0 Å². The minimum Gasteiger partial charge on any atom is -0.334 e. The van der Waals surface area contributed by atoms with Crippen molar-refractivity contribution in [2.75, 3.05) is 0 Å². The molecule has 1 unspecified atom stereocenters. The van der Waals surface area contributed by atoms with Crippen LogP contribution >= 0.6 is 11.6 Å². The molecule has 0 bridgehead atoms. The number of carbonyl (C=O) groups excluding carboxylic acids is 2. The molecule has 8 nitrogen and oxygen atoms in total. The zero-order chi connectivity index (χ0) is 22.3. The first-order valence-electron chi connectivity index (χ1n) is 9.72. The maximum absolute atomic E-state index is 12.3. The average molecular weight is 446 g/mol. The van der Waals surface area contributed by atoms with Crippen molar-refractivity contribution in [2.24, 2.45) is 0 Å². The lowest BCUT2D eigenvalue weighted by atomic mass is 9.91. The standard InChI is InChI=1S/C23H16ClN5O3/c1-23(21(30)27-22(31)28-23)17-4-2-3-14(10-17)19-26-20(32-29-19)16-9-15(11-25-12-16)13-5-7-18(24)8-6-13/h2-12H,1H3,(H2,27,28,30,31). The summed E-state index contributed by atoms with van der Waals surface area (Å²) in [6, 6.07) is 15.9. The number of rotatable bonds is 4. The second-order valence-corrected chi connectivity index (χ2v) is 7.94. The maximum Gasteiger partial charge on any atom is 0.322 e. The van der Waals surface area contributed by atoms with Crippen molar-refractivity contribution in [2.45, 2.75) is 12.5 Å². The van der Waals surface area contributed by atoms with E-state index in [0.717, 1.165) is 11.1 Å². The number of halogens is 1. The number of benzene rings is 2. The summed E-state index contributed by atoms with van der Waals surface area (Å²) in [6.45, 7) is 1.64. The normalized spacial score (nSPS) is 17.8. The van der Waals surface area contributed by atoms with Crippen LogP contribution in [0.1, 0.15) is 12.5 Å². The first-order chi connectivity index (χ1) is 15.4. The highest BCUT2D eigenvalue weighted by Gasteiger charge is 2.43. The average Bonchev–Trinajstić information content (AvgIpc) is 3.39. The summed E-state index contributed by atoms with van der Waals surface area (Å²) in [5.74, 6) is 0.248. The van der Waals surface area contributed by atoms with E-state index in [1.165, 1.54) is 0 Å². The van der Waals surface area contributed by atoms with Crippen LogP contribution in [-0.2, 0) is 10.3 Å². The fourth-order valence-corrected chi connectivity index (χ4v) is 3.66. The van der Waals surface area contributed by atoms with Gasteiger partial charge in [0.05, 0.1) is 5.56 Å². The van der Waals surface area contributed by atoms with Crippen molar-refractivity contribution in [3.8, 4) is 34.0 Å². The zero-order valence-electron chi connectivity index (χ0n) is 16.8. The predicted molar refractivity (Wildman–Crippen MR) is 117 cm³/mol. The molecule has 9 heteroatoms. The molecule has 0 radical (unpaired) electrons. The number of urea groups is 1. The predicted octanol–water partition coefficient (Wildman–Crippen LogP) is 4.17. The Kier molecular flexibility index (Phi) is 4.71. The smallest absolute Gasteiger partial charge is 0.322 e. The Bertz CT molecular complexity index is 1350. The molecule has 3 amide bonds. The number of imide groups is 1. The lowest BCUT2D eigenvalue weighted by Crippen LogP contribution is -2.40. The number of hydrogen-bond donors (Lipinski definition) is 2. The Morgan fingerprint density at radius 2 is 1.72 bits per heavy atom. The monoisotopic (exact) mass is 445 g/mol. The highest BCUT2D eigenvalue weighted by Crippen LogP contribution is 2.30. The maximum atomic E-state index is 12.3. The molecule has 0 spiro atoms. The van der Waals surface area contributed by atoms with Gasteiger partial charge in [-0.1, -0.05) is 47.1 Å². The van der Waals surface area contributed by atoms with Crippen LogP contribution < -0.4 is 10.6 Å². The van der Waals surface area contributed by atoms with Gasteiger partial charge in [0.25, 0.3) is 11.8 Å². The lowest BCUT2D eigenvalue weighted by molar-refractivity contribution is -0.123. The van der Waals surface area contributed by atoms with E-state index in [9.17, 15) is 9.59 Å². The van der Waals surface area contributed by atoms with Crippen LogP contribution in [0.25, 0.3) is 34.0 Å². The number of nitrogens with one attached hydrogen (secondary N) is 2. The molecule has 2 aromatic carbocycles. The largest absolute Gasteiger partial charge is 0.334 e. The van der Waals surface area contributed by atoms with Gasteiger partial charge in [-0.3, -0.25) is 15.1 Å². The zero-order valence-corrected chi connectivity index (χ0v) is 17.6. The Morgan fingerprint density at radius 1 is 0.938 bits per heavy atom. The van der Waals surface area contributed by atoms with Crippen LogP contribution in [0.2, 0.25) is 5.02 Å². The molecule has 1 aliphatic rings. The van der Waals surface area contributed by atoms with Crippen LogP contribution in [0.5, 0.6) is 0 Å². The molecule has 3 heterocycles. The summed E-state index contributed by atoms with van der Waals surface area (Å²) in [6.07, 6.45) is 3.39. The highest BCUT2D eigenvalue weighted by atomic mass is 35.5. The van der Waals surface area contributed by atoms with Gasteiger partial charge in [0.15, 0.2) is 0 Å². The van der Waals surface area contributed by atoms with Crippen LogP contribution in [0.15, 0.2) is 71.5 Å². The fraction of sp³-hybridized carbons (Fsp3) is 0.0870. The van der Waals surface area contributed by atoms with Gasteiger partial charge in [-0.25, -0.2) is 4.79 Å². The van der Waals surface area contributed by atoms with Gasteiger partial charge in [0.2, 0.25) is 5.82 Å². The van der Waals surface area contributed by atoms with E-state index in [0.29, 0.717) is 33.4 Å². The van der Waals surface area contributed by atoms with Crippen molar-refractivity contribution in [1.29, 1.82) is 0 Å². The van der Waals surface area contributed by atoms with Gasteiger partial charge in [-0.2, -0.15) is 4.98 Å². The van der Waals surface area contributed by atoms with Gasteiger partial charge in [-0.05, 0) is 42.3 Å². The number of carbonyl (C=O) groups is 2. The molecular formula is C23H16ClN5O3. The van der Waals surface area contributed by atoms with E-state index < -0.39 is 17.5 Å². The molecule has 1 aliphatic heterocycles. The van der Waals surface area contributed by atoms with E-state index in [2.05, 4.69) is 25.8 Å². The molecule has 32 heavy (non-hydrogen) atoms. The topological polar surface area (TPSA) is 110 Å². The summed E-state index contributed by atoms with van der Waals surface area (Å²) in [5.41, 5.74) is 2.60. The van der Waals surface area contributed by atoms with Gasteiger partial charge >= 0.3 is 6.03 Å². The molecule has 1 atom stereocenters. The number of aromatic nitrogens is 3. The van der Waals surface area contributed by atoms with Crippen molar-refractivity contribution in [1.82, 2.24) is 25.8 Å². The molecule has 158 valence electrons. The highest BCUT2D eigenvalue weighted by molar-refractivity contribution is 6.30. The number of amides is 3. The molecule has 0 saturated carbocycles. The third kappa shape index (κ3) is 3.50. The first kappa shape index (κ1) is 19.9. The number of hydrogen-bond acceptors (Lipinski definition) is 6. The van der Waals surface area contributed by atoms with Gasteiger partial charge in [0, 0.05) is 28.5 Å². The Balaban J connectivity index is 1.46. The van der Waals surface area contributed by atoms with E-state index >= 15 is 0 Å². The minimum absolute atomic E-state index is 0.312. The third-order valence-electron chi connectivity index (χ3n) is 5.33. The Morgan fingerprint density at radius 3 is 2.47 bits per heavy atom. The van der Waals surface area contributed by atoms with Crippen LogP contribution in [0, 0.1) is 0 Å². The second kappa shape index (κ2) is 7.58. The first-order valence-corrected chi connectivity index (χ1v) is 10.1. The van der Waals surface area contributed by atoms with Crippen molar-refractivity contribution in [3.05, 3.63) is 77.6 Å². The van der Waals surface area contributed by atoms with E-state index in [1.807, 2.05) is 30.3 Å². The van der Waals surface area contributed by atoms with Gasteiger partial charge in [0.1, 0.15) is 5.54 Å². The molecule has 2 N–H and O–H groups in total. The van der Waals surface area contributed by atoms with Crippen LogP contribution in [-0.4, -0.2) is 27.1 Å². The van der Waals surface area contributed by atoms with Crippen molar-refractivity contribution in [3.63, 3.8) is 0 Å². The van der Waals surface area contributed by atoms with Gasteiger partial charge in [-0.15, -0.1) is 0 Å². The van der Waals surface area contributed by atoms with E-state index in [4.69, 9.17) is 16.1 Å². The van der Waals surface area contributed by atoms with Crippen molar-refractivity contribution >= 4 is 23.5 Å². The Labute approximate surface area is 187 Å². The summed E-state index contributed by atoms with van der Waals surface area (Å²) in [5, 5.41) is 9.65. The lowest BCUT2D eigenvalue weighted by Gasteiger charge is -2.21. The minimum atomic E-state index is -1.17. The summed E-state index contributed by atoms with van der Waals surface area (Å²) >= 11 is 5.97. The molecule has 5 rings (SSSR count). The van der Waals surface area contributed by atoms with Crippen LogP contribution in [0.4, 0.5) is 4.79 Å². The summed E-state index contributed by atoms with van der Waals surface area (Å²) < 4.78 is 5.47. The molecule has 1 fully saturated rings. The van der Waals surface area contributed by atoms with E-state index in [1.54, 1.807) is 43.6 Å². The molecule has 0 aliphatic carbocycles. The SMILES string of the molecule is CC1(c2cccc(-c3noc(-c4cncc(-c5ccc(Cl)cc5)c4)n3)c2)NC(=O)NC1=O. The van der Waals surface area contributed by atoms with Gasteiger partial charge < -0.3 is 9.84 Å². The fourth-order valence-electron chi connectivity index (χ4n) is 3.53. The second-order valence-electron chi connectivity index (χ2n) is 7.51. The Hall–Kier alpha value is -4.04. The number of nitrogens with zero attached hydrogens (tertiary/aromatic N) is 3. The molecule has 2 aromatic heterocycles. The summed E-state index contributed by atoms with van der Waals surface area (Å²) in [4.78, 5) is 32.6. The molecule has 1 saturated heterocycles.